The molecule has 2 unspecified atom stereocenters. The Morgan fingerprint density at radius 3 is 2.62 bits per heavy atom. The van der Waals surface area contributed by atoms with E-state index in [9.17, 15) is 14.4 Å². The standard InChI is InChI=1S/C28H37ClN6O4/c1-30-27(37)19-6-3-4-7-20(19)28(38)35-14-11-21-22(29)9-10-24(39-15-12-18-16-33(2)32-31-18)26(21)23(35)17-34-13-5-8-25(34)36/h9-10,16,19-20,23H,3-8,11-15,17H2,1-2H3,(H,30,37)/t19?,20?,23-/m1/s1. The van der Waals surface area contributed by atoms with Crippen molar-refractivity contribution in [2.24, 2.45) is 18.9 Å². The number of benzene rings is 1. The van der Waals surface area contributed by atoms with Crippen LogP contribution < -0.4 is 10.1 Å². The Labute approximate surface area is 234 Å². The van der Waals surface area contributed by atoms with Crippen molar-refractivity contribution in [2.75, 3.05) is 33.3 Å². The zero-order valence-corrected chi connectivity index (χ0v) is 23.5. The molecule has 39 heavy (non-hydrogen) atoms. The van der Waals surface area contributed by atoms with Crippen LogP contribution in [-0.4, -0.2) is 75.8 Å². The second kappa shape index (κ2) is 11.9. The second-order valence-electron chi connectivity index (χ2n) is 10.8. The van der Waals surface area contributed by atoms with Crippen LogP contribution >= 0.6 is 11.6 Å². The van der Waals surface area contributed by atoms with Gasteiger partial charge in [0.25, 0.3) is 0 Å². The summed E-state index contributed by atoms with van der Waals surface area (Å²) >= 11 is 6.70. The van der Waals surface area contributed by atoms with Crippen LogP contribution in [-0.2, 0) is 34.3 Å². The Balaban J connectivity index is 1.47. The van der Waals surface area contributed by atoms with Crippen molar-refractivity contribution in [1.82, 2.24) is 30.1 Å². The average Bonchev–Trinajstić information content (AvgIpc) is 3.56. The Bertz CT molecular complexity index is 1230. The van der Waals surface area contributed by atoms with Gasteiger partial charge in [-0.1, -0.05) is 29.7 Å². The van der Waals surface area contributed by atoms with Crippen molar-refractivity contribution in [3.05, 3.63) is 40.2 Å². The van der Waals surface area contributed by atoms with Crippen LogP contribution in [0, 0.1) is 11.8 Å². The van der Waals surface area contributed by atoms with Gasteiger partial charge >= 0.3 is 0 Å². The molecule has 1 saturated heterocycles. The summed E-state index contributed by atoms with van der Waals surface area (Å²) in [4.78, 5) is 43.4. The van der Waals surface area contributed by atoms with E-state index in [1.807, 2.05) is 35.2 Å². The molecule has 0 bridgehead atoms. The van der Waals surface area contributed by atoms with Crippen molar-refractivity contribution < 1.29 is 19.1 Å². The third kappa shape index (κ3) is 5.76. The molecule has 10 nitrogen and oxygen atoms in total. The fraction of sp³-hybridized carbons (Fsp3) is 0.607. The van der Waals surface area contributed by atoms with E-state index in [1.54, 1.807) is 11.7 Å². The highest BCUT2D eigenvalue weighted by Gasteiger charge is 2.43. The molecule has 0 spiro atoms. The smallest absolute Gasteiger partial charge is 0.227 e. The van der Waals surface area contributed by atoms with E-state index in [0.29, 0.717) is 69.1 Å². The molecule has 2 fully saturated rings. The number of halogens is 1. The van der Waals surface area contributed by atoms with Gasteiger partial charge in [0.1, 0.15) is 5.75 Å². The number of aryl methyl sites for hydroxylation is 1. The summed E-state index contributed by atoms with van der Waals surface area (Å²) in [6.07, 6.45) is 7.61. The summed E-state index contributed by atoms with van der Waals surface area (Å²) in [5.41, 5.74) is 2.66. The zero-order chi connectivity index (χ0) is 27.5. The van der Waals surface area contributed by atoms with Crippen molar-refractivity contribution in [3.8, 4) is 5.75 Å². The quantitative estimate of drug-likeness (QED) is 0.535. The largest absolute Gasteiger partial charge is 0.493 e. The van der Waals surface area contributed by atoms with E-state index in [4.69, 9.17) is 16.3 Å². The average molecular weight is 557 g/mol. The maximum absolute atomic E-state index is 14.2. The number of rotatable bonds is 8. The molecule has 2 aromatic rings. The van der Waals surface area contributed by atoms with Gasteiger partial charge in [0.05, 0.1) is 18.3 Å². The number of carbonyl (C=O) groups excluding carboxylic acids is 3. The van der Waals surface area contributed by atoms with Crippen LogP contribution in [0.4, 0.5) is 0 Å². The van der Waals surface area contributed by atoms with Crippen molar-refractivity contribution >= 4 is 29.3 Å². The van der Waals surface area contributed by atoms with Gasteiger partial charge in [-0.3, -0.25) is 19.1 Å². The van der Waals surface area contributed by atoms with Crippen LogP contribution in [0.1, 0.15) is 61.4 Å². The molecule has 3 aliphatic rings. The van der Waals surface area contributed by atoms with Crippen molar-refractivity contribution in [1.29, 1.82) is 0 Å². The third-order valence-electron chi connectivity index (χ3n) is 8.35. The first-order valence-corrected chi connectivity index (χ1v) is 14.3. The van der Waals surface area contributed by atoms with Crippen LogP contribution in [0.3, 0.4) is 0 Å². The van der Waals surface area contributed by atoms with E-state index >= 15 is 0 Å². The lowest BCUT2D eigenvalue weighted by atomic mass is 9.77. The minimum Gasteiger partial charge on any atom is -0.493 e. The number of carbonyl (C=O) groups is 3. The predicted molar refractivity (Wildman–Crippen MR) is 145 cm³/mol. The maximum Gasteiger partial charge on any atom is 0.227 e. The first-order chi connectivity index (χ1) is 18.9. The molecule has 210 valence electrons. The number of hydrogen-bond donors (Lipinski definition) is 1. The summed E-state index contributed by atoms with van der Waals surface area (Å²) in [7, 11) is 3.45. The molecule has 0 radical (unpaired) electrons. The van der Waals surface area contributed by atoms with Gasteiger partial charge in [0.2, 0.25) is 17.7 Å². The highest BCUT2D eigenvalue weighted by atomic mass is 35.5. The van der Waals surface area contributed by atoms with Crippen LogP contribution in [0.2, 0.25) is 5.02 Å². The van der Waals surface area contributed by atoms with E-state index in [-0.39, 0.29) is 29.6 Å². The molecule has 3 amide bonds. The van der Waals surface area contributed by atoms with E-state index < -0.39 is 6.04 Å². The molecule has 1 aliphatic carbocycles. The topological polar surface area (TPSA) is 110 Å². The number of hydrogen-bond acceptors (Lipinski definition) is 6. The molecule has 1 aromatic carbocycles. The number of fused-ring (bicyclic) bond motifs is 1. The van der Waals surface area contributed by atoms with Gasteiger partial charge in [-0.15, -0.1) is 5.10 Å². The van der Waals surface area contributed by atoms with Crippen molar-refractivity contribution in [3.63, 3.8) is 0 Å². The first-order valence-electron chi connectivity index (χ1n) is 14.0. The first kappa shape index (κ1) is 27.4. The number of nitrogens with zero attached hydrogens (tertiary/aromatic N) is 5. The molecule has 3 heterocycles. The van der Waals surface area contributed by atoms with E-state index in [0.717, 1.165) is 36.1 Å². The number of amides is 3. The van der Waals surface area contributed by atoms with Gasteiger partial charge in [-0.05, 0) is 43.4 Å². The molecule has 1 N–H and O–H groups in total. The van der Waals surface area contributed by atoms with E-state index in [2.05, 4.69) is 15.6 Å². The highest BCUT2D eigenvalue weighted by Crippen LogP contribution is 2.43. The Morgan fingerprint density at radius 2 is 1.92 bits per heavy atom. The molecule has 1 aromatic heterocycles. The monoisotopic (exact) mass is 556 g/mol. The van der Waals surface area contributed by atoms with Gasteiger partial charge < -0.3 is 19.9 Å². The Hall–Kier alpha value is -3.14. The fourth-order valence-electron chi connectivity index (χ4n) is 6.38. The summed E-state index contributed by atoms with van der Waals surface area (Å²) in [5, 5.41) is 11.5. The number of ether oxygens (including phenoxy) is 1. The van der Waals surface area contributed by atoms with Gasteiger partial charge in [0, 0.05) is 75.2 Å². The lowest BCUT2D eigenvalue weighted by molar-refractivity contribution is -0.147. The maximum atomic E-state index is 14.2. The predicted octanol–water partition coefficient (Wildman–Crippen LogP) is 2.69. The lowest BCUT2D eigenvalue weighted by Crippen LogP contribution is -2.50. The molecule has 2 aliphatic heterocycles. The number of aromatic nitrogens is 3. The molecule has 11 heteroatoms. The van der Waals surface area contributed by atoms with Crippen molar-refractivity contribution in [2.45, 2.75) is 57.4 Å². The SMILES string of the molecule is CNC(=O)C1CCCCC1C(=O)N1CCc2c(Cl)ccc(OCCc3cn(C)nn3)c2[C@H]1CN1CCCC1=O. The summed E-state index contributed by atoms with van der Waals surface area (Å²) in [6, 6.07) is 3.30. The summed E-state index contributed by atoms with van der Waals surface area (Å²) < 4.78 is 7.96. The summed E-state index contributed by atoms with van der Waals surface area (Å²) in [6.45, 7) is 1.92. The fourth-order valence-corrected chi connectivity index (χ4v) is 6.64. The molecule has 1 saturated carbocycles. The second-order valence-corrected chi connectivity index (χ2v) is 11.2. The Kier molecular flexibility index (Phi) is 8.40. The minimum atomic E-state index is -0.402. The summed E-state index contributed by atoms with van der Waals surface area (Å²) in [5.74, 6) is -0.0450. The van der Waals surface area contributed by atoms with Gasteiger partial charge in [-0.2, -0.15) is 0 Å². The molecule has 3 atom stereocenters. The Morgan fingerprint density at radius 1 is 1.13 bits per heavy atom. The van der Waals surface area contributed by atoms with Crippen LogP contribution in [0.25, 0.3) is 0 Å². The minimum absolute atomic E-state index is 0.0175. The molecule has 5 rings (SSSR count). The number of likely N-dealkylation sites (tertiary alicyclic amines) is 1. The number of nitrogens with one attached hydrogen (secondary N) is 1. The van der Waals surface area contributed by atoms with Crippen LogP contribution in [0.15, 0.2) is 18.3 Å². The molecular formula is C28H37ClN6O4. The highest BCUT2D eigenvalue weighted by molar-refractivity contribution is 6.31. The van der Waals surface area contributed by atoms with Gasteiger partial charge in [-0.25, -0.2) is 0 Å². The zero-order valence-electron chi connectivity index (χ0n) is 22.7. The van der Waals surface area contributed by atoms with Gasteiger partial charge in [0.15, 0.2) is 0 Å². The lowest BCUT2D eigenvalue weighted by Gasteiger charge is -2.43. The normalized spacial score (nSPS) is 23.1. The van der Waals surface area contributed by atoms with Crippen LogP contribution in [0.5, 0.6) is 5.75 Å². The van der Waals surface area contributed by atoms with E-state index in [1.165, 1.54) is 0 Å². The molecular weight excluding hydrogens is 520 g/mol. The third-order valence-corrected chi connectivity index (χ3v) is 8.71.